The molecule has 1 amide bonds. The lowest BCUT2D eigenvalue weighted by Gasteiger charge is -2.02. The second kappa shape index (κ2) is 4.06. The molecule has 0 spiro atoms. The second-order valence-electron chi connectivity index (χ2n) is 3.88. The number of carbonyl (C=O) groups excluding carboxylic acids is 1. The number of thiazole rings is 1. The summed E-state index contributed by atoms with van der Waals surface area (Å²) in [6, 6.07) is 7.27. The molecule has 19 heavy (non-hydrogen) atoms. The lowest BCUT2D eigenvalue weighted by atomic mass is 10.3. The van der Waals surface area contributed by atoms with E-state index in [4.69, 9.17) is 0 Å². The van der Waals surface area contributed by atoms with Gasteiger partial charge in [-0.3, -0.25) is 14.0 Å². The number of amides is 1. The molecule has 3 rings (SSSR count). The van der Waals surface area contributed by atoms with E-state index in [1.165, 1.54) is 22.8 Å². The largest absolute Gasteiger partial charge is 0.492 e. The zero-order valence-electron chi connectivity index (χ0n) is 9.88. The van der Waals surface area contributed by atoms with Crippen LogP contribution in [0.1, 0.15) is 10.4 Å². The van der Waals surface area contributed by atoms with E-state index in [1.54, 1.807) is 12.1 Å². The van der Waals surface area contributed by atoms with Crippen molar-refractivity contribution in [1.29, 1.82) is 0 Å². The number of hydrogen-bond acceptors (Lipinski definition) is 5. The highest BCUT2D eigenvalue weighted by Crippen LogP contribution is 2.25. The van der Waals surface area contributed by atoms with Crippen molar-refractivity contribution in [1.82, 2.24) is 14.7 Å². The molecule has 0 fully saturated rings. The standard InChI is InChI=1S/C12H9N3O3S/c1-13-9(16)8-10(17)14-12-15(11(8)18)6-4-2-3-5-7(6)19-12/h2-5,17H,1H3,(H,13,16). The van der Waals surface area contributed by atoms with E-state index in [9.17, 15) is 14.7 Å². The van der Waals surface area contributed by atoms with Gasteiger partial charge in [0.05, 0.1) is 10.2 Å². The van der Waals surface area contributed by atoms with E-state index in [1.807, 2.05) is 12.1 Å². The smallest absolute Gasteiger partial charge is 0.275 e. The number of aromatic nitrogens is 2. The van der Waals surface area contributed by atoms with Crippen molar-refractivity contribution in [2.45, 2.75) is 0 Å². The van der Waals surface area contributed by atoms with Crippen LogP contribution in [-0.2, 0) is 0 Å². The fourth-order valence-electron chi connectivity index (χ4n) is 1.92. The van der Waals surface area contributed by atoms with Gasteiger partial charge < -0.3 is 10.4 Å². The van der Waals surface area contributed by atoms with Crippen LogP contribution in [0.25, 0.3) is 15.2 Å². The van der Waals surface area contributed by atoms with Gasteiger partial charge >= 0.3 is 0 Å². The number of nitrogens with one attached hydrogen (secondary N) is 1. The van der Waals surface area contributed by atoms with E-state index in [2.05, 4.69) is 10.3 Å². The molecule has 0 aliphatic heterocycles. The zero-order chi connectivity index (χ0) is 13.6. The fourth-order valence-corrected chi connectivity index (χ4v) is 2.93. The Bertz CT molecular complexity index is 866. The van der Waals surface area contributed by atoms with Crippen LogP contribution < -0.4 is 10.9 Å². The van der Waals surface area contributed by atoms with Crippen molar-refractivity contribution in [2.24, 2.45) is 0 Å². The molecule has 6 nitrogen and oxygen atoms in total. The Balaban J connectivity index is 2.52. The highest BCUT2D eigenvalue weighted by molar-refractivity contribution is 7.23. The first-order valence-electron chi connectivity index (χ1n) is 5.49. The number of fused-ring (bicyclic) bond motifs is 3. The van der Waals surface area contributed by atoms with Crippen LogP contribution >= 0.6 is 11.3 Å². The minimum absolute atomic E-state index is 0.344. The molecule has 0 saturated heterocycles. The van der Waals surface area contributed by atoms with Gasteiger partial charge in [0, 0.05) is 7.05 Å². The number of nitrogens with zero attached hydrogens (tertiary/aromatic N) is 2. The number of rotatable bonds is 1. The molecule has 3 aromatic rings. The molecule has 0 atom stereocenters. The predicted molar refractivity (Wildman–Crippen MR) is 71.9 cm³/mol. The Morgan fingerprint density at radius 2 is 2.16 bits per heavy atom. The third-order valence-electron chi connectivity index (χ3n) is 2.79. The molecular formula is C12H9N3O3S. The van der Waals surface area contributed by atoms with Crippen molar-refractivity contribution in [2.75, 3.05) is 7.05 Å². The highest BCUT2D eigenvalue weighted by atomic mass is 32.1. The van der Waals surface area contributed by atoms with E-state index in [0.717, 1.165) is 4.70 Å². The number of aromatic hydroxyl groups is 1. The summed E-state index contributed by atoms with van der Waals surface area (Å²) in [6.07, 6.45) is 0. The van der Waals surface area contributed by atoms with Gasteiger partial charge in [-0.2, -0.15) is 4.98 Å². The van der Waals surface area contributed by atoms with Gasteiger partial charge in [0.1, 0.15) is 0 Å². The van der Waals surface area contributed by atoms with Gasteiger partial charge in [0.2, 0.25) is 10.8 Å². The number of hydrogen-bond donors (Lipinski definition) is 2. The summed E-state index contributed by atoms with van der Waals surface area (Å²) < 4.78 is 2.20. The minimum Gasteiger partial charge on any atom is -0.492 e. The van der Waals surface area contributed by atoms with Crippen LogP contribution in [0.3, 0.4) is 0 Å². The monoisotopic (exact) mass is 275 g/mol. The molecular weight excluding hydrogens is 266 g/mol. The first kappa shape index (κ1) is 11.7. The summed E-state index contributed by atoms with van der Waals surface area (Å²) in [6.45, 7) is 0. The van der Waals surface area contributed by atoms with E-state index >= 15 is 0 Å². The van der Waals surface area contributed by atoms with Crippen molar-refractivity contribution >= 4 is 32.4 Å². The number of benzene rings is 1. The Kier molecular flexibility index (Phi) is 2.49. The average molecular weight is 275 g/mol. The van der Waals surface area contributed by atoms with Crippen LogP contribution in [0.2, 0.25) is 0 Å². The molecule has 96 valence electrons. The summed E-state index contributed by atoms with van der Waals surface area (Å²) in [5.41, 5.74) is -0.243. The molecule has 0 unspecified atom stereocenters. The molecule has 2 heterocycles. The van der Waals surface area contributed by atoms with E-state index in [-0.39, 0.29) is 5.56 Å². The molecule has 1 aromatic carbocycles. The van der Waals surface area contributed by atoms with E-state index in [0.29, 0.717) is 10.5 Å². The quantitative estimate of drug-likeness (QED) is 0.693. The molecule has 0 aliphatic rings. The Morgan fingerprint density at radius 1 is 1.42 bits per heavy atom. The molecule has 0 bridgehead atoms. The summed E-state index contributed by atoms with van der Waals surface area (Å²) >= 11 is 1.28. The maximum Gasteiger partial charge on any atom is 0.275 e. The molecule has 7 heteroatoms. The normalized spacial score (nSPS) is 11.0. The number of carbonyl (C=O) groups is 1. The van der Waals surface area contributed by atoms with Gasteiger partial charge in [-0.25, -0.2) is 0 Å². The van der Waals surface area contributed by atoms with Crippen molar-refractivity contribution in [3.63, 3.8) is 0 Å². The summed E-state index contributed by atoms with van der Waals surface area (Å²) in [4.78, 5) is 28.2. The third kappa shape index (κ3) is 1.59. The average Bonchev–Trinajstić information content (AvgIpc) is 2.76. The van der Waals surface area contributed by atoms with Gasteiger partial charge in [-0.05, 0) is 12.1 Å². The Labute approximate surface area is 110 Å². The Morgan fingerprint density at radius 3 is 2.89 bits per heavy atom. The van der Waals surface area contributed by atoms with Crippen LogP contribution in [0.5, 0.6) is 5.88 Å². The van der Waals surface area contributed by atoms with Crippen molar-refractivity contribution < 1.29 is 9.90 Å². The summed E-state index contributed by atoms with van der Waals surface area (Å²) in [5.74, 6) is -1.20. The topological polar surface area (TPSA) is 83.7 Å². The Hall–Kier alpha value is -2.41. The molecule has 0 saturated carbocycles. The summed E-state index contributed by atoms with van der Waals surface area (Å²) in [7, 11) is 1.39. The lowest BCUT2D eigenvalue weighted by molar-refractivity contribution is 0.0958. The van der Waals surface area contributed by atoms with E-state index < -0.39 is 17.3 Å². The van der Waals surface area contributed by atoms with Gasteiger partial charge in [0.25, 0.3) is 11.5 Å². The molecule has 0 aliphatic carbocycles. The molecule has 2 aromatic heterocycles. The first-order chi connectivity index (χ1) is 9.13. The maximum atomic E-state index is 12.3. The SMILES string of the molecule is CNC(=O)c1c(O)nc2sc3ccccc3n2c1=O. The van der Waals surface area contributed by atoms with Gasteiger partial charge in [-0.1, -0.05) is 23.5 Å². The number of para-hydroxylation sites is 1. The second-order valence-corrected chi connectivity index (χ2v) is 4.89. The zero-order valence-corrected chi connectivity index (χ0v) is 10.7. The predicted octanol–water partition coefficient (Wildman–Crippen LogP) is 0.974. The van der Waals surface area contributed by atoms with Crippen LogP contribution in [0.4, 0.5) is 0 Å². The highest BCUT2D eigenvalue weighted by Gasteiger charge is 2.20. The van der Waals surface area contributed by atoms with Gasteiger partial charge in [-0.15, -0.1) is 0 Å². The van der Waals surface area contributed by atoms with Crippen molar-refractivity contribution in [3.8, 4) is 5.88 Å². The fraction of sp³-hybridized carbons (Fsp3) is 0.0833. The van der Waals surface area contributed by atoms with Crippen LogP contribution in [0.15, 0.2) is 29.1 Å². The van der Waals surface area contributed by atoms with Gasteiger partial charge in [0.15, 0.2) is 5.56 Å². The summed E-state index contributed by atoms with van der Waals surface area (Å²) in [5, 5.41) is 12.1. The third-order valence-corrected chi connectivity index (χ3v) is 3.82. The maximum absolute atomic E-state index is 12.3. The van der Waals surface area contributed by atoms with Crippen LogP contribution in [0, 0.1) is 0 Å². The molecule has 2 N–H and O–H groups in total. The van der Waals surface area contributed by atoms with Crippen molar-refractivity contribution in [3.05, 3.63) is 40.2 Å². The van der Waals surface area contributed by atoms with Crippen LogP contribution in [-0.4, -0.2) is 27.4 Å². The first-order valence-corrected chi connectivity index (χ1v) is 6.30. The molecule has 0 radical (unpaired) electrons. The minimum atomic E-state index is -0.653. The lowest BCUT2D eigenvalue weighted by Crippen LogP contribution is -2.29.